The van der Waals surface area contributed by atoms with Crippen LogP contribution in [0.25, 0.3) is 11.1 Å². The summed E-state index contributed by atoms with van der Waals surface area (Å²) in [6, 6.07) is 14.0. The second kappa shape index (κ2) is 7.55. The van der Waals surface area contributed by atoms with Crippen LogP contribution in [0, 0.1) is 5.92 Å². The van der Waals surface area contributed by atoms with Crippen LogP contribution >= 0.6 is 0 Å². The maximum absolute atomic E-state index is 12.2. The van der Waals surface area contributed by atoms with E-state index in [9.17, 15) is 22.8 Å². The van der Waals surface area contributed by atoms with Crippen molar-refractivity contribution in [3.63, 3.8) is 0 Å². The van der Waals surface area contributed by atoms with Crippen LogP contribution < -0.4 is 5.32 Å². The largest absolute Gasteiger partial charge is 0.351 e. The van der Waals surface area contributed by atoms with E-state index in [0.29, 0.717) is 0 Å². The molecule has 2 aromatic rings. The summed E-state index contributed by atoms with van der Waals surface area (Å²) >= 11 is 0. The number of benzene rings is 2. The Kier molecular flexibility index (Phi) is 5.33. The highest BCUT2D eigenvalue weighted by Crippen LogP contribution is 2.22. The minimum Gasteiger partial charge on any atom is -0.351 e. The zero-order chi connectivity index (χ0) is 20.5. The molecule has 1 fully saturated rings. The van der Waals surface area contributed by atoms with Gasteiger partial charge in [-0.05, 0) is 34.9 Å². The molecule has 1 aliphatic rings. The van der Waals surface area contributed by atoms with Crippen molar-refractivity contribution in [1.82, 2.24) is 10.2 Å². The van der Waals surface area contributed by atoms with Crippen LogP contribution in [0.1, 0.15) is 5.56 Å². The van der Waals surface area contributed by atoms with E-state index in [1.54, 1.807) is 24.3 Å². The number of amides is 2. The Bertz CT molecular complexity index is 1040. The van der Waals surface area contributed by atoms with Crippen LogP contribution in [0.3, 0.4) is 0 Å². The lowest BCUT2D eigenvalue weighted by Crippen LogP contribution is -2.35. The van der Waals surface area contributed by atoms with Gasteiger partial charge in [-0.1, -0.05) is 30.3 Å². The first-order valence-electron chi connectivity index (χ1n) is 8.63. The van der Waals surface area contributed by atoms with Crippen molar-refractivity contribution in [2.24, 2.45) is 5.92 Å². The first-order valence-corrected chi connectivity index (χ1v) is 10.5. The Morgan fingerprint density at radius 2 is 1.79 bits per heavy atom. The van der Waals surface area contributed by atoms with Crippen LogP contribution in [0.5, 0.6) is 0 Å². The molecule has 2 aromatic carbocycles. The van der Waals surface area contributed by atoms with Gasteiger partial charge in [0.2, 0.25) is 11.7 Å². The fraction of sp³-hybridized carbons (Fsp3) is 0.250. The van der Waals surface area contributed by atoms with Gasteiger partial charge in [0, 0.05) is 26.4 Å². The van der Waals surface area contributed by atoms with E-state index in [1.165, 1.54) is 11.9 Å². The van der Waals surface area contributed by atoms with E-state index in [2.05, 4.69) is 5.32 Å². The average molecular weight is 400 g/mol. The molecule has 0 spiro atoms. The van der Waals surface area contributed by atoms with E-state index < -0.39 is 33.4 Å². The second-order valence-corrected chi connectivity index (χ2v) is 8.83. The molecule has 1 N–H and O–H groups in total. The van der Waals surface area contributed by atoms with Crippen LogP contribution in [0.4, 0.5) is 0 Å². The van der Waals surface area contributed by atoms with Crippen molar-refractivity contribution >= 4 is 27.4 Å². The Morgan fingerprint density at radius 3 is 2.36 bits per heavy atom. The zero-order valence-electron chi connectivity index (χ0n) is 15.5. The predicted octanol–water partition coefficient (Wildman–Crippen LogP) is 1.03. The number of sulfone groups is 1. The molecule has 0 aromatic heterocycles. The number of hydrogen-bond acceptors (Lipinski definition) is 5. The normalized spacial score (nSPS) is 17.1. The van der Waals surface area contributed by atoms with Crippen molar-refractivity contribution in [2.45, 2.75) is 11.4 Å². The van der Waals surface area contributed by atoms with Crippen LogP contribution in [-0.2, 0) is 30.8 Å². The summed E-state index contributed by atoms with van der Waals surface area (Å²) in [4.78, 5) is 37.1. The molecule has 146 valence electrons. The second-order valence-electron chi connectivity index (χ2n) is 6.82. The van der Waals surface area contributed by atoms with Gasteiger partial charge >= 0.3 is 0 Å². The number of likely N-dealkylation sites (N-methyl/N-ethyl adjacent to an activating group) is 1. The molecule has 8 heteroatoms. The lowest BCUT2D eigenvalue weighted by Gasteiger charge is -2.11. The summed E-state index contributed by atoms with van der Waals surface area (Å²) in [7, 11) is -1.76. The number of likely N-dealkylation sites (tertiary alicyclic amines) is 1. The SMILES string of the molecule is CN1CC(C(=O)NCc2cccc(-c3ccc(S(C)(=O)=O)cc3)c2)C(=O)C1=O. The number of hydrogen-bond donors (Lipinski definition) is 1. The lowest BCUT2D eigenvalue weighted by molar-refractivity contribution is -0.142. The van der Waals surface area contributed by atoms with Gasteiger partial charge in [-0.15, -0.1) is 0 Å². The van der Waals surface area contributed by atoms with Gasteiger partial charge in [0.1, 0.15) is 5.92 Å². The number of carbonyl (C=O) groups excluding carboxylic acids is 3. The Balaban J connectivity index is 1.69. The van der Waals surface area contributed by atoms with E-state index in [-0.39, 0.29) is 18.0 Å². The summed E-state index contributed by atoms with van der Waals surface area (Å²) in [5, 5.41) is 2.70. The monoisotopic (exact) mass is 400 g/mol. The van der Waals surface area contributed by atoms with Crippen molar-refractivity contribution in [1.29, 1.82) is 0 Å². The Hall–Kier alpha value is -3.00. The summed E-state index contributed by atoms with van der Waals surface area (Å²) < 4.78 is 23.1. The van der Waals surface area contributed by atoms with Crippen molar-refractivity contribution in [3.05, 3.63) is 54.1 Å². The minimum absolute atomic E-state index is 0.0935. The van der Waals surface area contributed by atoms with Gasteiger partial charge < -0.3 is 10.2 Å². The number of nitrogens with one attached hydrogen (secondary N) is 1. The van der Waals surface area contributed by atoms with E-state index in [4.69, 9.17) is 0 Å². The van der Waals surface area contributed by atoms with E-state index in [1.807, 2.05) is 24.3 Å². The lowest BCUT2D eigenvalue weighted by atomic mass is 10.0. The molecular formula is C20H20N2O5S. The third-order valence-corrected chi connectivity index (χ3v) is 5.78. The number of carbonyl (C=O) groups is 3. The quantitative estimate of drug-likeness (QED) is 0.597. The predicted molar refractivity (Wildman–Crippen MR) is 103 cm³/mol. The van der Waals surface area contributed by atoms with Gasteiger partial charge in [0.25, 0.3) is 5.91 Å². The van der Waals surface area contributed by atoms with Crippen molar-refractivity contribution in [2.75, 3.05) is 19.8 Å². The van der Waals surface area contributed by atoms with Gasteiger partial charge in [-0.2, -0.15) is 0 Å². The van der Waals surface area contributed by atoms with Gasteiger partial charge in [-0.3, -0.25) is 14.4 Å². The molecule has 0 radical (unpaired) electrons. The summed E-state index contributed by atoms with van der Waals surface area (Å²) in [6.07, 6.45) is 1.16. The highest BCUT2D eigenvalue weighted by Gasteiger charge is 2.41. The molecule has 0 aliphatic carbocycles. The highest BCUT2D eigenvalue weighted by molar-refractivity contribution is 7.90. The standard InChI is InChI=1S/C20H20N2O5S/c1-22-12-17(18(23)20(22)25)19(24)21-11-13-4-3-5-15(10-13)14-6-8-16(9-7-14)28(2,26)27/h3-10,17H,11-12H2,1-2H3,(H,21,24). The number of Topliss-reactive ketones (excluding diaryl/α,β-unsaturated/α-hetero) is 1. The smallest absolute Gasteiger partial charge is 0.290 e. The third-order valence-electron chi connectivity index (χ3n) is 4.66. The van der Waals surface area contributed by atoms with Crippen LogP contribution in [-0.4, -0.2) is 50.8 Å². The number of nitrogens with zero attached hydrogens (tertiary/aromatic N) is 1. The van der Waals surface area contributed by atoms with Crippen LogP contribution in [0.2, 0.25) is 0 Å². The third kappa shape index (κ3) is 4.12. The Labute approximate surface area is 163 Å². The molecule has 1 unspecified atom stereocenters. The van der Waals surface area contributed by atoms with Gasteiger partial charge in [-0.25, -0.2) is 8.42 Å². The summed E-state index contributed by atoms with van der Waals surface area (Å²) in [6.45, 7) is 0.312. The fourth-order valence-corrected chi connectivity index (χ4v) is 3.68. The molecule has 7 nitrogen and oxygen atoms in total. The van der Waals surface area contributed by atoms with Crippen molar-refractivity contribution < 1.29 is 22.8 Å². The number of rotatable bonds is 5. The average Bonchev–Trinajstić information content (AvgIpc) is 2.93. The number of ketones is 1. The molecule has 2 amide bonds. The maximum Gasteiger partial charge on any atom is 0.290 e. The summed E-state index contributed by atoms with van der Waals surface area (Å²) in [5.74, 6) is -2.76. The first-order chi connectivity index (χ1) is 13.2. The maximum atomic E-state index is 12.2. The molecule has 3 rings (SSSR count). The molecule has 28 heavy (non-hydrogen) atoms. The highest BCUT2D eigenvalue weighted by atomic mass is 32.2. The molecule has 0 bridgehead atoms. The minimum atomic E-state index is -3.25. The molecule has 1 heterocycles. The molecule has 1 saturated heterocycles. The zero-order valence-corrected chi connectivity index (χ0v) is 16.3. The molecule has 0 saturated carbocycles. The van der Waals surface area contributed by atoms with Crippen molar-refractivity contribution in [3.8, 4) is 11.1 Å². The molecular weight excluding hydrogens is 380 g/mol. The van der Waals surface area contributed by atoms with Gasteiger partial charge in [0.15, 0.2) is 9.84 Å². The van der Waals surface area contributed by atoms with E-state index in [0.717, 1.165) is 22.9 Å². The van der Waals surface area contributed by atoms with Gasteiger partial charge in [0.05, 0.1) is 4.90 Å². The molecule has 1 aliphatic heterocycles. The first kappa shape index (κ1) is 19.8. The fourth-order valence-electron chi connectivity index (χ4n) is 3.05. The Morgan fingerprint density at radius 1 is 1.11 bits per heavy atom. The summed E-state index contributed by atoms with van der Waals surface area (Å²) in [5.41, 5.74) is 2.54. The molecule has 1 atom stereocenters. The van der Waals surface area contributed by atoms with Crippen LogP contribution in [0.15, 0.2) is 53.4 Å². The van der Waals surface area contributed by atoms with E-state index >= 15 is 0 Å². The topological polar surface area (TPSA) is 101 Å².